The van der Waals surface area contributed by atoms with Gasteiger partial charge in [-0.2, -0.15) is 5.10 Å². The van der Waals surface area contributed by atoms with Gasteiger partial charge in [-0.25, -0.2) is 0 Å². The molecule has 3 rings (SSSR count). The molecule has 0 aliphatic carbocycles. The Morgan fingerprint density at radius 2 is 1.85 bits per heavy atom. The predicted octanol–water partition coefficient (Wildman–Crippen LogP) is 2.99. The fourth-order valence-electron chi connectivity index (χ4n) is 2.51. The van der Waals surface area contributed by atoms with Gasteiger partial charge in [0, 0.05) is 11.3 Å². The van der Waals surface area contributed by atoms with Crippen molar-refractivity contribution in [2.24, 2.45) is 0 Å². The lowest BCUT2D eigenvalue weighted by Gasteiger charge is -2.17. The van der Waals surface area contributed by atoms with Crippen molar-refractivity contribution in [1.29, 1.82) is 0 Å². The number of anilines is 2. The zero-order valence-corrected chi connectivity index (χ0v) is 14.4. The molecule has 3 N–H and O–H groups in total. The topological polar surface area (TPSA) is 87.1 Å². The Kier molecular flexibility index (Phi) is 5.56. The number of amides is 1. The lowest BCUT2D eigenvalue weighted by molar-refractivity contribution is 0.0916. The number of nitrogens with zero attached hydrogens (tertiary/aromatic N) is 2. The quantitative estimate of drug-likeness (QED) is 0.637. The highest BCUT2D eigenvalue weighted by Gasteiger charge is 2.15. The first-order valence-electron chi connectivity index (χ1n) is 8.30. The summed E-state index contributed by atoms with van der Waals surface area (Å²) < 4.78 is 0. The second-order valence-electron chi connectivity index (χ2n) is 5.89. The summed E-state index contributed by atoms with van der Waals surface area (Å²) in [6.45, 7) is 1.69. The summed E-state index contributed by atoms with van der Waals surface area (Å²) >= 11 is 0. The highest BCUT2D eigenvalue weighted by atomic mass is 16.3. The number of aliphatic hydroxyl groups is 1. The van der Waals surface area contributed by atoms with Crippen molar-refractivity contribution < 1.29 is 9.90 Å². The molecule has 0 spiro atoms. The van der Waals surface area contributed by atoms with E-state index < -0.39 is 6.04 Å². The third-order valence-electron chi connectivity index (χ3n) is 3.88. The number of nitrogens with one attached hydrogen (secondary N) is 2. The highest BCUT2D eigenvalue weighted by Crippen LogP contribution is 2.17. The molecule has 0 fully saturated rings. The number of aromatic nitrogens is 2. The summed E-state index contributed by atoms with van der Waals surface area (Å²) in [6.07, 6.45) is 0. The van der Waals surface area contributed by atoms with Crippen LogP contribution in [0.1, 0.15) is 27.7 Å². The van der Waals surface area contributed by atoms with Gasteiger partial charge >= 0.3 is 0 Å². The molecule has 0 aliphatic rings. The lowest BCUT2D eigenvalue weighted by Crippen LogP contribution is -2.30. The molecule has 1 aromatic heterocycles. The van der Waals surface area contributed by atoms with E-state index >= 15 is 0 Å². The number of rotatable bonds is 6. The van der Waals surface area contributed by atoms with Crippen molar-refractivity contribution in [3.63, 3.8) is 0 Å². The van der Waals surface area contributed by atoms with Crippen LogP contribution >= 0.6 is 0 Å². The number of aliphatic hydroxyl groups excluding tert-OH is 1. The summed E-state index contributed by atoms with van der Waals surface area (Å²) in [5, 5.41) is 23.6. The summed E-state index contributed by atoms with van der Waals surface area (Å²) in [7, 11) is 0. The lowest BCUT2D eigenvalue weighted by atomic mass is 10.1. The maximum absolute atomic E-state index is 12.6. The Labute approximate surface area is 151 Å². The molecule has 2 aromatic carbocycles. The van der Waals surface area contributed by atoms with Gasteiger partial charge in [-0.3, -0.25) is 4.79 Å². The maximum Gasteiger partial charge on any atom is 0.251 e. The summed E-state index contributed by atoms with van der Waals surface area (Å²) in [5.74, 6) is 0.345. The van der Waals surface area contributed by atoms with Crippen LogP contribution in [0.2, 0.25) is 0 Å². The zero-order valence-electron chi connectivity index (χ0n) is 14.4. The van der Waals surface area contributed by atoms with Crippen molar-refractivity contribution in [3.05, 3.63) is 83.6 Å². The van der Waals surface area contributed by atoms with E-state index in [-0.39, 0.29) is 12.5 Å². The van der Waals surface area contributed by atoms with Crippen LogP contribution in [-0.4, -0.2) is 27.8 Å². The molecular weight excluding hydrogens is 328 g/mol. The van der Waals surface area contributed by atoms with Crippen molar-refractivity contribution in [1.82, 2.24) is 15.5 Å². The fraction of sp³-hybridized carbons (Fsp3) is 0.150. The third-order valence-corrected chi connectivity index (χ3v) is 3.88. The van der Waals surface area contributed by atoms with E-state index in [1.54, 1.807) is 18.2 Å². The van der Waals surface area contributed by atoms with Crippen molar-refractivity contribution in [3.8, 4) is 0 Å². The molecule has 3 aromatic rings. The van der Waals surface area contributed by atoms with Crippen LogP contribution in [-0.2, 0) is 0 Å². The van der Waals surface area contributed by atoms with Crippen molar-refractivity contribution >= 4 is 17.4 Å². The van der Waals surface area contributed by atoms with Gasteiger partial charge in [-0.1, -0.05) is 36.4 Å². The van der Waals surface area contributed by atoms with E-state index in [9.17, 15) is 9.90 Å². The molecule has 6 nitrogen and oxygen atoms in total. The van der Waals surface area contributed by atoms with Gasteiger partial charge in [0.05, 0.1) is 18.3 Å². The van der Waals surface area contributed by atoms with Crippen LogP contribution in [0.25, 0.3) is 0 Å². The smallest absolute Gasteiger partial charge is 0.251 e. The third kappa shape index (κ3) is 4.43. The Hall–Kier alpha value is -3.25. The summed E-state index contributed by atoms with van der Waals surface area (Å²) in [6, 6.07) is 19.7. The van der Waals surface area contributed by atoms with Gasteiger partial charge in [0.15, 0.2) is 5.82 Å². The average molecular weight is 348 g/mol. The molecule has 26 heavy (non-hydrogen) atoms. The van der Waals surface area contributed by atoms with Crippen molar-refractivity contribution in [2.75, 3.05) is 11.9 Å². The van der Waals surface area contributed by atoms with E-state index in [0.29, 0.717) is 11.4 Å². The maximum atomic E-state index is 12.6. The van der Waals surface area contributed by atoms with Gasteiger partial charge in [0.1, 0.15) is 0 Å². The normalized spacial score (nSPS) is 11.6. The minimum absolute atomic E-state index is 0.174. The first-order valence-corrected chi connectivity index (χ1v) is 8.30. The average Bonchev–Trinajstić information content (AvgIpc) is 2.68. The zero-order chi connectivity index (χ0) is 18.4. The molecule has 1 atom stereocenters. The number of carbonyl (C=O) groups is 1. The number of hydrogen-bond donors (Lipinski definition) is 3. The monoisotopic (exact) mass is 348 g/mol. The molecule has 0 radical (unpaired) electrons. The predicted molar refractivity (Wildman–Crippen MR) is 100 cm³/mol. The van der Waals surface area contributed by atoms with Crippen LogP contribution < -0.4 is 10.6 Å². The van der Waals surface area contributed by atoms with Gasteiger partial charge in [-0.15, -0.1) is 5.10 Å². The molecule has 6 heteroatoms. The molecule has 1 unspecified atom stereocenters. The summed E-state index contributed by atoms with van der Waals surface area (Å²) in [5.41, 5.74) is 2.91. The minimum atomic E-state index is -0.455. The van der Waals surface area contributed by atoms with Crippen LogP contribution in [0.15, 0.2) is 66.7 Å². The van der Waals surface area contributed by atoms with Gasteiger partial charge in [0.25, 0.3) is 5.91 Å². The largest absolute Gasteiger partial charge is 0.394 e. The van der Waals surface area contributed by atoms with E-state index in [1.165, 1.54) is 0 Å². The summed E-state index contributed by atoms with van der Waals surface area (Å²) in [4.78, 5) is 12.6. The molecule has 132 valence electrons. The Morgan fingerprint density at radius 1 is 1.04 bits per heavy atom. The molecule has 0 aliphatic heterocycles. The van der Waals surface area contributed by atoms with Gasteiger partial charge < -0.3 is 15.7 Å². The van der Waals surface area contributed by atoms with E-state index in [4.69, 9.17) is 0 Å². The second kappa shape index (κ2) is 8.22. The molecule has 0 saturated heterocycles. The SMILES string of the molecule is Cc1ccc(Nc2cccc(C(=O)NC(CO)c3ccccc3)c2)nn1. The van der Waals surface area contributed by atoms with Crippen LogP contribution in [0, 0.1) is 6.92 Å². The highest BCUT2D eigenvalue weighted by molar-refractivity contribution is 5.95. The molecule has 1 heterocycles. The Morgan fingerprint density at radius 3 is 2.54 bits per heavy atom. The fourth-order valence-corrected chi connectivity index (χ4v) is 2.51. The standard InChI is InChI=1S/C20H20N4O2/c1-14-10-11-19(24-23-14)21-17-9-5-8-16(12-17)20(26)22-18(13-25)15-6-3-2-4-7-15/h2-12,18,25H,13H2,1H3,(H,21,24)(H,22,26). The van der Waals surface area contributed by atoms with E-state index in [0.717, 1.165) is 16.9 Å². The number of hydrogen-bond acceptors (Lipinski definition) is 5. The molecule has 0 saturated carbocycles. The molecule has 1 amide bonds. The van der Waals surface area contributed by atoms with Crippen LogP contribution in [0.4, 0.5) is 11.5 Å². The Balaban J connectivity index is 1.72. The number of aryl methyl sites for hydroxylation is 1. The van der Waals surface area contributed by atoms with Crippen LogP contribution in [0.5, 0.6) is 0 Å². The second-order valence-corrected chi connectivity index (χ2v) is 5.89. The number of carbonyl (C=O) groups excluding carboxylic acids is 1. The van der Waals surface area contributed by atoms with E-state index in [2.05, 4.69) is 20.8 Å². The van der Waals surface area contributed by atoms with Crippen molar-refractivity contribution in [2.45, 2.75) is 13.0 Å². The first-order chi connectivity index (χ1) is 12.7. The van der Waals surface area contributed by atoms with Gasteiger partial charge in [0.2, 0.25) is 0 Å². The molecule has 0 bridgehead atoms. The van der Waals surface area contributed by atoms with E-state index in [1.807, 2.05) is 55.5 Å². The number of benzene rings is 2. The van der Waals surface area contributed by atoms with Crippen LogP contribution in [0.3, 0.4) is 0 Å². The minimum Gasteiger partial charge on any atom is -0.394 e. The van der Waals surface area contributed by atoms with Gasteiger partial charge in [-0.05, 0) is 42.8 Å². The first kappa shape index (κ1) is 17.6. The molecular formula is C20H20N4O2. The Bertz CT molecular complexity index is 866.